The lowest BCUT2D eigenvalue weighted by Crippen LogP contribution is -2.34. The van der Waals surface area contributed by atoms with Gasteiger partial charge >= 0.3 is 6.03 Å². The molecule has 0 saturated carbocycles. The first-order chi connectivity index (χ1) is 6.72. The number of halogens is 1. The molecule has 14 heavy (non-hydrogen) atoms. The van der Waals surface area contributed by atoms with Crippen molar-refractivity contribution in [3.63, 3.8) is 0 Å². The summed E-state index contributed by atoms with van der Waals surface area (Å²) in [5.74, 6) is -0.291. The Bertz CT molecular complexity index is 315. The third-order valence-electron chi connectivity index (χ3n) is 1.68. The third kappa shape index (κ3) is 3.43. The van der Waals surface area contributed by atoms with Crippen LogP contribution in [0.3, 0.4) is 0 Å². The topological polar surface area (TPSA) is 41.1 Å². The van der Waals surface area contributed by atoms with Crippen molar-refractivity contribution in [2.75, 3.05) is 6.54 Å². The van der Waals surface area contributed by atoms with Gasteiger partial charge in [-0.05, 0) is 24.6 Å². The van der Waals surface area contributed by atoms with Gasteiger partial charge in [0, 0.05) is 13.1 Å². The van der Waals surface area contributed by atoms with E-state index in [0.29, 0.717) is 13.1 Å². The van der Waals surface area contributed by atoms with Gasteiger partial charge in [0.1, 0.15) is 5.82 Å². The molecule has 2 amide bonds. The molecule has 0 heterocycles. The maximum Gasteiger partial charge on any atom is 0.315 e. The fourth-order valence-corrected chi connectivity index (χ4v) is 1.05. The lowest BCUT2D eigenvalue weighted by atomic mass is 10.2. The molecule has 76 valence electrons. The average Bonchev–Trinajstić information content (AvgIpc) is 2.15. The summed E-state index contributed by atoms with van der Waals surface area (Å²) in [6.45, 7) is 2.75. The summed E-state index contributed by atoms with van der Waals surface area (Å²) >= 11 is 0. The molecule has 1 rings (SSSR count). The van der Waals surface area contributed by atoms with E-state index in [1.54, 1.807) is 12.1 Å². The van der Waals surface area contributed by atoms with E-state index in [9.17, 15) is 9.18 Å². The molecule has 3 nitrogen and oxygen atoms in total. The number of benzene rings is 1. The molecule has 1 aromatic carbocycles. The maximum absolute atomic E-state index is 12.7. The lowest BCUT2D eigenvalue weighted by Gasteiger charge is -2.05. The van der Waals surface area contributed by atoms with Crippen molar-refractivity contribution in [3.05, 3.63) is 35.6 Å². The quantitative estimate of drug-likeness (QED) is 0.758. The molecule has 0 aliphatic rings. The van der Waals surface area contributed by atoms with Crippen LogP contribution in [0.5, 0.6) is 0 Å². The molecule has 0 spiro atoms. The molecular formula is C10H13FN2O. The van der Waals surface area contributed by atoms with Gasteiger partial charge in [0.05, 0.1) is 0 Å². The van der Waals surface area contributed by atoms with Crippen LogP contribution in [0, 0.1) is 5.82 Å². The van der Waals surface area contributed by atoms with Gasteiger partial charge in [-0.1, -0.05) is 12.1 Å². The van der Waals surface area contributed by atoms with Crippen molar-refractivity contribution in [2.45, 2.75) is 13.5 Å². The minimum atomic E-state index is -0.291. The highest BCUT2D eigenvalue weighted by atomic mass is 19.1. The third-order valence-corrected chi connectivity index (χ3v) is 1.68. The normalized spacial score (nSPS) is 9.57. The van der Waals surface area contributed by atoms with E-state index in [2.05, 4.69) is 10.6 Å². The van der Waals surface area contributed by atoms with Crippen molar-refractivity contribution >= 4 is 6.03 Å². The van der Waals surface area contributed by atoms with Crippen LogP contribution in [-0.2, 0) is 6.54 Å². The molecular weight excluding hydrogens is 183 g/mol. The van der Waals surface area contributed by atoms with Crippen molar-refractivity contribution in [2.24, 2.45) is 0 Å². The van der Waals surface area contributed by atoms with Crippen molar-refractivity contribution in [1.82, 2.24) is 10.6 Å². The largest absolute Gasteiger partial charge is 0.338 e. The van der Waals surface area contributed by atoms with Gasteiger partial charge in [-0.2, -0.15) is 0 Å². The van der Waals surface area contributed by atoms with Gasteiger partial charge in [0.25, 0.3) is 0 Å². The van der Waals surface area contributed by atoms with Gasteiger partial charge in [-0.3, -0.25) is 0 Å². The molecule has 4 heteroatoms. The highest BCUT2D eigenvalue weighted by Crippen LogP contribution is 2.02. The molecule has 0 atom stereocenters. The standard InChI is InChI=1S/C10H13FN2O/c1-2-12-10(14)13-7-8-4-3-5-9(11)6-8/h3-6H,2,7H2,1H3,(H2,12,13,14). The fraction of sp³-hybridized carbons (Fsp3) is 0.300. The molecule has 0 unspecified atom stereocenters. The van der Waals surface area contributed by atoms with Gasteiger partial charge in [-0.25, -0.2) is 9.18 Å². The highest BCUT2D eigenvalue weighted by Gasteiger charge is 1.98. The molecule has 0 saturated heterocycles. The van der Waals surface area contributed by atoms with E-state index in [4.69, 9.17) is 0 Å². The van der Waals surface area contributed by atoms with Gasteiger partial charge in [0.2, 0.25) is 0 Å². The Kier molecular flexibility index (Phi) is 3.91. The monoisotopic (exact) mass is 196 g/mol. The zero-order valence-electron chi connectivity index (χ0n) is 8.01. The number of carbonyl (C=O) groups excluding carboxylic acids is 1. The Morgan fingerprint density at radius 2 is 2.21 bits per heavy atom. The summed E-state index contributed by atoms with van der Waals surface area (Å²) < 4.78 is 12.7. The molecule has 2 N–H and O–H groups in total. The van der Waals surface area contributed by atoms with Crippen LogP contribution in [0.2, 0.25) is 0 Å². The zero-order valence-corrected chi connectivity index (χ0v) is 8.01. The van der Waals surface area contributed by atoms with E-state index in [0.717, 1.165) is 5.56 Å². The number of urea groups is 1. The van der Waals surface area contributed by atoms with Crippen molar-refractivity contribution < 1.29 is 9.18 Å². The minimum absolute atomic E-state index is 0.239. The van der Waals surface area contributed by atoms with E-state index in [1.165, 1.54) is 12.1 Å². The van der Waals surface area contributed by atoms with Gasteiger partial charge in [-0.15, -0.1) is 0 Å². The first-order valence-corrected chi connectivity index (χ1v) is 4.48. The van der Waals surface area contributed by atoms with Crippen LogP contribution >= 0.6 is 0 Å². The Balaban J connectivity index is 2.41. The molecule has 0 bridgehead atoms. The fourth-order valence-electron chi connectivity index (χ4n) is 1.05. The lowest BCUT2D eigenvalue weighted by molar-refractivity contribution is 0.241. The maximum atomic E-state index is 12.7. The summed E-state index contributed by atoms with van der Waals surface area (Å²) in [5, 5.41) is 5.20. The Hall–Kier alpha value is -1.58. The summed E-state index contributed by atoms with van der Waals surface area (Å²) in [5.41, 5.74) is 0.747. The molecule has 0 aromatic heterocycles. The van der Waals surface area contributed by atoms with E-state index in [1.807, 2.05) is 6.92 Å². The predicted octanol–water partition coefficient (Wildman–Crippen LogP) is 1.64. The summed E-state index contributed by atoms with van der Waals surface area (Å²) in [4.78, 5) is 11.0. The van der Waals surface area contributed by atoms with E-state index >= 15 is 0 Å². The summed E-state index contributed by atoms with van der Waals surface area (Å²) in [6, 6.07) is 5.90. The summed E-state index contributed by atoms with van der Waals surface area (Å²) in [7, 11) is 0. The smallest absolute Gasteiger partial charge is 0.315 e. The molecule has 0 aliphatic heterocycles. The number of hydrogen-bond acceptors (Lipinski definition) is 1. The van der Waals surface area contributed by atoms with Crippen LogP contribution in [0.15, 0.2) is 24.3 Å². The number of amides is 2. The second kappa shape index (κ2) is 5.21. The SMILES string of the molecule is CCNC(=O)NCc1cccc(F)c1. The molecule has 1 aromatic rings. The Labute approximate surface area is 82.3 Å². The molecule has 0 radical (unpaired) electrons. The molecule has 0 aliphatic carbocycles. The van der Waals surface area contributed by atoms with Gasteiger partial charge in [0.15, 0.2) is 0 Å². The minimum Gasteiger partial charge on any atom is -0.338 e. The van der Waals surface area contributed by atoms with Gasteiger partial charge < -0.3 is 10.6 Å². The van der Waals surface area contributed by atoms with Crippen LogP contribution in [0.25, 0.3) is 0 Å². The Morgan fingerprint density at radius 1 is 1.43 bits per heavy atom. The first kappa shape index (κ1) is 10.5. The summed E-state index contributed by atoms with van der Waals surface area (Å²) in [6.07, 6.45) is 0. The van der Waals surface area contributed by atoms with Crippen molar-refractivity contribution in [3.8, 4) is 0 Å². The van der Waals surface area contributed by atoms with Crippen molar-refractivity contribution in [1.29, 1.82) is 0 Å². The average molecular weight is 196 g/mol. The number of carbonyl (C=O) groups is 1. The van der Waals surface area contributed by atoms with Crippen LogP contribution in [0.4, 0.5) is 9.18 Å². The van der Waals surface area contributed by atoms with Crippen LogP contribution in [-0.4, -0.2) is 12.6 Å². The molecule has 0 fully saturated rings. The number of rotatable bonds is 3. The zero-order chi connectivity index (χ0) is 10.4. The van der Waals surface area contributed by atoms with Crippen LogP contribution in [0.1, 0.15) is 12.5 Å². The highest BCUT2D eigenvalue weighted by molar-refractivity contribution is 5.73. The number of hydrogen-bond donors (Lipinski definition) is 2. The Morgan fingerprint density at radius 3 is 2.86 bits per heavy atom. The number of nitrogens with one attached hydrogen (secondary N) is 2. The van der Waals surface area contributed by atoms with E-state index < -0.39 is 0 Å². The van der Waals surface area contributed by atoms with E-state index in [-0.39, 0.29) is 11.8 Å². The second-order valence-corrected chi connectivity index (χ2v) is 2.84. The van der Waals surface area contributed by atoms with Crippen LogP contribution < -0.4 is 10.6 Å². The second-order valence-electron chi connectivity index (χ2n) is 2.84. The predicted molar refractivity (Wildman–Crippen MR) is 52.3 cm³/mol. The first-order valence-electron chi connectivity index (χ1n) is 4.48.